The van der Waals surface area contributed by atoms with E-state index < -0.39 is 16.5 Å². The SMILES string of the molecule is COCCOc1cc([N+](=O)[O-])c(C(=O)NCCNC(=O)Cc2ccccc2)cc1OC. The largest absolute Gasteiger partial charge is 0.493 e. The second kappa shape index (κ2) is 12.1. The normalized spacial score (nSPS) is 10.3. The number of methoxy groups -OCH3 is 2. The van der Waals surface area contributed by atoms with Gasteiger partial charge in [-0.05, 0) is 5.56 Å². The van der Waals surface area contributed by atoms with Crippen LogP contribution >= 0.6 is 0 Å². The van der Waals surface area contributed by atoms with E-state index in [1.54, 1.807) is 0 Å². The van der Waals surface area contributed by atoms with E-state index in [4.69, 9.17) is 14.2 Å². The minimum Gasteiger partial charge on any atom is -0.493 e. The summed E-state index contributed by atoms with van der Waals surface area (Å²) >= 11 is 0. The molecule has 2 rings (SSSR count). The number of rotatable bonds is 12. The summed E-state index contributed by atoms with van der Waals surface area (Å²) < 4.78 is 15.5. The van der Waals surface area contributed by atoms with Crippen LogP contribution in [0.3, 0.4) is 0 Å². The zero-order valence-electron chi connectivity index (χ0n) is 17.4. The van der Waals surface area contributed by atoms with Gasteiger partial charge in [-0.15, -0.1) is 0 Å². The van der Waals surface area contributed by atoms with Crippen LogP contribution in [0.25, 0.3) is 0 Å². The van der Waals surface area contributed by atoms with Gasteiger partial charge in [0.2, 0.25) is 5.91 Å². The minimum absolute atomic E-state index is 0.102. The number of hydrogen-bond acceptors (Lipinski definition) is 7. The predicted octanol–water partition coefficient (Wildman–Crippen LogP) is 1.72. The highest BCUT2D eigenvalue weighted by Crippen LogP contribution is 2.34. The van der Waals surface area contributed by atoms with Crippen molar-refractivity contribution >= 4 is 17.5 Å². The molecule has 0 radical (unpaired) electrons. The first-order valence-electron chi connectivity index (χ1n) is 9.53. The van der Waals surface area contributed by atoms with Crippen LogP contribution in [0.2, 0.25) is 0 Å². The molecule has 0 aliphatic heterocycles. The Hall–Kier alpha value is -3.66. The van der Waals surface area contributed by atoms with Crippen molar-refractivity contribution in [3.63, 3.8) is 0 Å². The molecule has 2 aromatic carbocycles. The highest BCUT2D eigenvalue weighted by molar-refractivity contribution is 5.99. The lowest BCUT2D eigenvalue weighted by atomic mass is 10.1. The predicted molar refractivity (Wildman–Crippen MR) is 113 cm³/mol. The number of carbonyl (C=O) groups excluding carboxylic acids is 2. The average molecular weight is 431 g/mol. The molecule has 31 heavy (non-hydrogen) atoms. The van der Waals surface area contributed by atoms with Crippen molar-refractivity contribution in [2.24, 2.45) is 0 Å². The van der Waals surface area contributed by atoms with Crippen molar-refractivity contribution in [3.05, 3.63) is 63.7 Å². The number of hydrogen-bond donors (Lipinski definition) is 2. The Kier molecular flexibility index (Phi) is 9.24. The summed E-state index contributed by atoms with van der Waals surface area (Å²) in [7, 11) is 2.87. The number of amides is 2. The van der Waals surface area contributed by atoms with Crippen LogP contribution < -0.4 is 20.1 Å². The molecule has 0 aliphatic carbocycles. The van der Waals surface area contributed by atoms with Gasteiger partial charge in [0.15, 0.2) is 11.5 Å². The van der Waals surface area contributed by atoms with E-state index in [1.807, 2.05) is 30.3 Å². The molecule has 166 valence electrons. The quantitative estimate of drug-likeness (QED) is 0.297. The molecule has 0 aromatic heterocycles. The van der Waals surface area contributed by atoms with Crippen LogP contribution in [0.4, 0.5) is 5.69 Å². The first-order valence-corrected chi connectivity index (χ1v) is 9.53. The maximum atomic E-state index is 12.5. The molecule has 10 nitrogen and oxygen atoms in total. The Morgan fingerprint density at radius 3 is 2.35 bits per heavy atom. The third-order valence-corrected chi connectivity index (χ3v) is 4.21. The van der Waals surface area contributed by atoms with Crippen LogP contribution in [0.15, 0.2) is 42.5 Å². The number of nitrogens with zero attached hydrogens (tertiary/aromatic N) is 1. The molecule has 0 saturated heterocycles. The smallest absolute Gasteiger partial charge is 0.286 e. The van der Waals surface area contributed by atoms with Crippen LogP contribution in [0, 0.1) is 10.1 Å². The molecule has 0 fully saturated rings. The van der Waals surface area contributed by atoms with E-state index in [0.717, 1.165) is 11.6 Å². The van der Waals surface area contributed by atoms with E-state index >= 15 is 0 Å². The fraction of sp³-hybridized carbons (Fsp3) is 0.333. The lowest BCUT2D eigenvalue weighted by Gasteiger charge is -2.13. The van der Waals surface area contributed by atoms with Gasteiger partial charge in [-0.25, -0.2) is 0 Å². The van der Waals surface area contributed by atoms with Gasteiger partial charge in [0.05, 0.1) is 31.1 Å². The number of nitrogens with one attached hydrogen (secondary N) is 2. The summed E-state index contributed by atoms with van der Waals surface area (Å²) in [5, 5.41) is 16.7. The third kappa shape index (κ3) is 7.27. The molecule has 0 aliphatic rings. The lowest BCUT2D eigenvalue weighted by molar-refractivity contribution is -0.385. The highest BCUT2D eigenvalue weighted by atomic mass is 16.6. The maximum absolute atomic E-state index is 12.5. The van der Waals surface area contributed by atoms with Gasteiger partial charge in [0.1, 0.15) is 12.2 Å². The van der Waals surface area contributed by atoms with E-state index in [1.165, 1.54) is 20.3 Å². The van der Waals surface area contributed by atoms with Gasteiger partial charge in [-0.2, -0.15) is 0 Å². The van der Waals surface area contributed by atoms with E-state index in [2.05, 4.69) is 10.6 Å². The van der Waals surface area contributed by atoms with Gasteiger partial charge in [0, 0.05) is 26.3 Å². The highest BCUT2D eigenvalue weighted by Gasteiger charge is 2.24. The monoisotopic (exact) mass is 431 g/mol. The first-order chi connectivity index (χ1) is 15.0. The number of nitro groups is 1. The van der Waals surface area contributed by atoms with Gasteiger partial charge < -0.3 is 24.8 Å². The molecule has 0 bridgehead atoms. The topological polar surface area (TPSA) is 129 Å². The number of benzene rings is 2. The van der Waals surface area contributed by atoms with Gasteiger partial charge >= 0.3 is 0 Å². The van der Waals surface area contributed by atoms with Crippen molar-refractivity contribution in [1.82, 2.24) is 10.6 Å². The number of carbonyl (C=O) groups is 2. The summed E-state index contributed by atoms with van der Waals surface area (Å²) in [5.74, 6) is -0.532. The summed E-state index contributed by atoms with van der Waals surface area (Å²) in [4.78, 5) is 35.2. The standard InChI is InChI=1S/C21H25N3O7/c1-29-10-11-31-19-14-17(24(27)28)16(13-18(19)30-2)21(26)23-9-8-22-20(25)12-15-6-4-3-5-7-15/h3-7,13-14H,8-12H2,1-2H3,(H,22,25)(H,23,26). The van der Waals surface area contributed by atoms with E-state index in [9.17, 15) is 19.7 Å². The average Bonchev–Trinajstić information content (AvgIpc) is 2.77. The van der Waals surface area contributed by atoms with Crippen LogP contribution in [-0.4, -0.2) is 57.3 Å². The van der Waals surface area contributed by atoms with E-state index in [0.29, 0.717) is 0 Å². The Labute approximate surface area is 179 Å². The molecular weight excluding hydrogens is 406 g/mol. The fourth-order valence-corrected chi connectivity index (χ4v) is 2.71. The number of ether oxygens (including phenoxy) is 3. The second-order valence-corrected chi connectivity index (χ2v) is 6.39. The molecule has 2 amide bonds. The Balaban J connectivity index is 1.96. The Morgan fingerprint density at radius 2 is 1.71 bits per heavy atom. The van der Waals surface area contributed by atoms with Crippen molar-refractivity contribution in [2.45, 2.75) is 6.42 Å². The molecule has 2 N–H and O–H groups in total. The molecule has 0 unspecified atom stereocenters. The lowest BCUT2D eigenvalue weighted by Crippen LogP contribution is -2.35. The van der Waals surface area contributed by atoms with Crippen molar-refractivity contribution in [1.29, 1.82) is 0 Å². The van der Waals surface area contributed by atoms with Crippen LogP contribution in [0.1, 0.15) is 15.9 Å². The summed E-state index contributed by atoms with van der Waals surface area (Å²) in [6.45, 7) is 0.735. The molecular formula is C21H25N3O7. The third-order valence-electron chi connectivity index (χ3n) is 4.21. The molecule has 0 saturated carbocycles. The Morgan fingerprint density at radius 1 is 1.00 bits per heavy atom. The van der Waals surface area contributed by atoms with Crippen LogP contribution in [0.5, 0.6) is 11.5 Å². The first kappa shape index (κ1) is 23.6. The molecule has 0 atom stereocenters. The summed E-state index contributed by atoms with van der Waals surface area (Å²) in [6, 6.07) is 11.6. The molecule has 2 aromatic rings. The zero-order valence-corrected chi connectivity index (χ0v) is 17.4. The second-order valence-electron chi connectivity index (χ2n) is 6.39. The summed E-state index contributed by atoms with van der Waals surface area (Å²) in [6.07, 6.45) is 0.224. The molecule has 0 heterocycles. The van der Waals surface area contributed by atoms with Crippen LogP contribution in [-0.2, 0) is 16.0 Å². The van der Waals surface area contributed by atoms with Crippen molar-refractivity contribution in [2.75, 3.05) is 40.5 Å². The Bertz CT molecular complexity index is 903. The van der Waals surface area contributed by atoms with Gasteiger partial charge in [-0.1, -0.05) is 30.3 Å². The van der Waals surface area contributed by atoms with Crippen molar-refractivity contribution in [3.8, 4) is 11.5 Å². The minimum atomic E-state index is -0.667. The van der Waals surface area contributed by atoms with Gasteiger partial charge in [-0.3, -0.25) is 19.7 Å². The fourth-order valence-electron chi connectivity index (χ4n) is 2.71. The van der Waals surface area contributed by atoms with Gasteiger partial charge in [0.25, 0.3) is 11.6 Å². The van der Waals surface area contributed by atoms with Crippen molar-refractivity contribution < 1.29 is 28.7 Å². The zero-order chi connectivity index (χ0) is 22.6. The summed E-state index contributed by atoms with van der Waals surface area (Å²) in [5.41, 5.74) is 0.287. The maximum Gasteiger partial charge on any atom is 0.286 e. The molecule has 0 spiro atoms. The molecule has 10 heteroatoms. The van der Waals surface area contributed by atoms with E-state index in [-0.39, 0.29) is 55.7 Å². The number of nitro benzene ring substituents is 1.